The topological polar surface area (TPSA) is 207 Å². The number of carbonyl (C=O) groups is 1. The van der Waals surface area contributed by atoms with Crippen molar-refractivity contribution in [3.05, 3.63) is 101 Å². The number of nitriles is 2. The molecule has 75 heavy (non-hydrogen) atoms. The van der Waals surface area contributed by atoms with Gasteiger partial charge in [0.05, 0.1) is 91.3 Å². The number of likely N-dealkylation sites (tertiary alicyclic amines) is 1. The van der Waals surface area contributed by atoms with Crippen LogP contribution in [0.1, 0.15) is 128 Å². The lowest BCUT2D eigenvalue weighted by atomic mass is 9.87. The Labute approximate surface area is 450 Å². The summed E-state index contributed by atoms with van der Waals surface area (Å²) in [5.41, 5.74) is 10.0. The van der Waals surface area contributed by atoms with E-state index in [2.05, 4.69) is 129 Å². The van der Waals surface area contributed by atoms with Gasteiger partial charge in [0.1, 0.15) is 17.8 Å². The molecule has 17 nitrogen and oxygen atoms in total. The van der Waals surface area contributed by atoms with E-state index < -0.39 is 0 Å². The van der Waals surface area contributed by atoms with E-state index in [1.54, 1.807) is 34.5 Å². The number of amides is 1. The molecule has 0 unspecified atom stereocenters. The van der Waals surface area contributed by atoms with Crippen molar-refractivity contribution >= 4 is 44.2 Å². The molecule has 2 aliphatic carbocycles. The number of carbonyl (C=O) groups excluding carboxylic acids is 1. The Morgan fingerprint density at radius 2 is 1.23 bits per heavy atom. The second-order valence-corrected chi connectivity index (χ2v) is 20.9. The molecule has 8 heterocycles. The summed E-state index contributed by atoms with van der Waals surface area (Å²) in [4.78, 5) is 21.9. The molecule has 0 radical (unpaired) electrons. The Kier molecular flexibility index (Phi) is 19.9. The molecule has 10 rings (SSSR count). The van der Waals surface area contributed by atoms with E-state index in [1.165, 1.54) is 57.8 Å². The summed E-state index contributed by atoms with van der Waals surface area (Å²) in [6.07, 6.45) is 27.7. The minimum absolute atomic E-state index is 0.167. The summed E-state index contributed by atoms with van der Waals surface area (Å²) in [7, 11) is 4.11. The number of aromatic nitrogens is 9. The molecule has 7 aromatic heterocycles. The summed E-state index contributed by atoms with van der Waals surface area (Å²) in [6.45, 7) is 11.7. The van der Waals surface area contributed by atoms with E-state index in [0.717, 1.165) is 87.0 Å². The number of halogens is 1. The Morgan fingerprint density at radius 1 is 0.707 bits per heavy atom. The third-order valence-electron chi connectivity index (χ3n) is 13.9. The summed E-state index contributed by atoms with van der Waals surface area (Å²) >= 11 is 3.51. The third kappa shape index (κ3) is 14.6. The fourth-order valence-electron chi connectivity index (χ4n) is 9.87. The minimum Gasteiger partial charge on any atom is -0.382 e. The Morgan fingerprint density at radius 3 is 1.73 bits per heavy atom. The summed E-state index contributed by atoms with van der Waals surface area (Å²) < 4.78 is 6.35. The number of fused-ring (bicyclic) bond motifs is 2. The molecule has 2 saturated carbocycles. The summed E-state index contributed by atoms with van der Waals surface area (Å²) in [5.74, 6) is 3.79. The van der Waals surface area contributed by atoms with E-state index in [0.29, 0.717) is 41.1 Å². The lowest BCUT2D eigenvalue weighted by Gasteiger charge is -2.30. The molecular formula is C57H71BrN16O. The first-order valence-electron chi connectivity index (χ1n) is 26.3. The zero-order valence-corrected chi connectivity index (χ0v) is 46.0. The Bertz CT molecular complexity index is 3110. The number of nitrogens with one attached hydrogen (secondary N) is 4. The number of terminal acetylenes is 1. The zero-order valence-electron chi connectivity index (χ0n) is 44.4. The van der Waals surface area contributed by atoms with Gasteiger partial charge in [-0.3, -0.25) is 14.8 Å². The first-order chi connectivity index (χ1) is 36.3. The monoisotopic (exact) mass is 1070 g/mol. The van der Waals surface area contributed by atoms with Crippen LogP contribution in [0.25, 0.3) is 39.5 Å². The van der Waals surface area contributed by atoms with Crippen LogP contribution in [0.5, 0.6) is 0 Å². The van der Waals surface area contributed by atoms with Gasteiger partial charge in [0.15, 0.2) is 0 Å². The number of anilines is 2. The van der Waals surface area contributed by atoms with Crippen LogP contribution in [0.3, 0.4) is 0 Å². The van der Waals surface area contributed by atoms with Crippen LogP contribution >= 0.6 is 15.9 Å². The van der Waals surface area contributed by atoms with Crippen LogP contribution in [0, 0.1) is 40.9 Å². The number of nitrogens with zero attached hydrogens (tertiary/aromatic N) is 12. The normalized spacial score (nSPS) is 16.9. The van der Waals surface area contributed by atoms with Crippen molar-refractivity contribution < 1.29 is 4.79 Å². The SMILES string of the molecule is C#CC1CCN(C(C)=O)CC1.CC(C)Nc1cc(-c2ccc3cc(C#N)cnn23)ncc1-n1cc(C2CCCCC2)nn1.CC(C)Nc1cc(-c2ccc3cc(C#N)cnn23)ncc1Br.CN[C@@H]1CCCC[C@H]1NC. The van der Waals surface area contributed by atoms with Gasteiger partial charge in [-0.25, -0.2) is 13.7 Å². The number of piperidine rings is 1. The van der Waals surface area contributed by atoms with Gasteiger partial charge in [-0.2, -0.15) is 20.7 Å². The molecule has 18 heteroatoms. The maximum absolute atomic E-state index is 10.9. The number of rotatable bonds is 10. The molecule has 1 amide bonds. The molecule has 3 fully saturated rings. The molecule has 0 bridgehead atoms. The van der Waals surface area contributed by atoms with E-state index in [4.69, 9.17) is 21.9 Å². The molecule has 7 aromatic rings. The van der Waals surface area contributed by atoms with Crippen LogP contribution in [-0.4, -0.2) is 106 Å². The van der Waals surface area contributed by atoms with Crippen LogP contribution in [-0.2, 0) is 4.79 Å². The number of likely N-dealkylation sites (N-methyl/N-ethyl adjacent to an activating group) is 2. The van der Waals surface area contributed by atoms with Gasteiger partial charge in [0, 0.05) is 62.2 Å². The van der Waals surface area contributed by atoms with E-state index in [-0.39, 0.29) is 11.9 Å². The first-order valence-corrected chi connectivity index (χ1v) is 27.1. The lowest BCUT2D eigenvalue weighted by molar-refractivity contribution is -0.129. The second kappa shape index (κ2) is 26.9. The van der Waals surface area contributed by atoms with Gasteiger partial charge in [0.2, 0.25) is 5.91 Å². The van der Waals surface area contributed by atoms with Crippen molar-refractivity contribution in [1.82, 2.24) is 59.7 Å². The predicted octanol–water partition coefficient (Wildman–Crippen LogP) is 10.2. The third-order valence-corrected chi connectivity index (χ3v) is 14.5. The largest absolute Gasteiger partial charge is 0.382 e. The molecule has 2 atom stereocenters. The average molecular weight is 1080 g/mol. The highest BCUT2D eigenvalue weighted by Crippen LogP contribution is 2.33. The molecule has 1 aliphatic heterocycles. The summed E-state index contributed by atoms with van der Waals surface area (Å²) in [5, 5.41) is 49.3. The minimum atomic E-state index is 0.167. The van der Waals surface area contributed by atoms with Crippen molar-refractivity contribution in [3.8, 4) is 52.9 Å². The van der Waals surface area contributed by atoms with Crippen LogP contribution in [0.2, 0.25) is 0 Å². The van der Waals surface area contributed by atoms with Gasteiger partial charge < -0.3 is 26.2 Å². The van der Waals surface area contributed by atoms with Crippen molar-refractivity contribution in [2.45, 2.75) is 135 Å². The van der Waals surface area contributed by atoms with Crippen molar-refractivity contribution in [2.75, 3.05) is 37.8 Å². The highest BCUT2D eigenvalue weighted by Gasteiger charge is 2.23. The first kappa shape index (κ1) is 55.6. The summed E-state index contributed by atoms with van der Waals surface area (Å²) in [6, 6.07) is 21.7. The number of hydrogen-bond acceptors (Lipinski definition) is 13. The number of hydrogen-bond donors (Lipinski definition) is 4. The molecule has 0 aromatic carbocycles. The van der Waals surface area contributed by atoms with Gasteiger partial charge in [-0.05, 0) is 145 Å². The van der Waals surface area contributed by atoms with E-state index in [1.807, 2.05) is 64.3 Å². The van der Waals surface area contributed by atoms with Gasteiger partial charge >= 0.3 is 0 Å². The highest BCUT2D eigenvalue weighted by atomic mass is 79.9. The molecule has 392 valence electrons. The van der Waals surface area contributed by atoms with E-state index in [9.17, 15) is 4.79 Å². The maximum atomic E-state index is 10.9. The van der Waals surface area contributed by atoms with Gasteiger partial charge in [0.25, 0.3) is 0 Å². The molecule has 3 aliphatic rings. The molecule has 4 N–H and O–H groups in total. The lowest BCUT2D eigenvalue weighted by Crippen LogP contribution is -2.47. The number of pyridine rings is 2. The van der Waals surface area contributed by atoms with Crippen molar-refractivity contribution in [2.24, 2.45) is 5.92 Å². The zero-order chi connectivity index (χ0) is 53.4. The maximum Gasteiger partial charge on any atom is 0.219 e. The van der Waals surface area contributed by atoms with Gasteiger partial charge in [-0.15, -0.1) is 17.4 Å². The highest BCUT2D eigenvalue weighted by molar-refractivity contribution is 9.10. The van der Waals surface area contributed by atoms with Crippen molar-refractivity contribution in [3.63, 3.8) is 0 Å². The van der Waals surface area contributed by atoms with Crippen LogP contribution in [0.4, 0.5) is 11.4 Å². The second-order valence-electron chi connectivity index (χ2n) is 20.0. The van der Waals surface area contributed by atoms with E-state index >= 15 is 0 Å². The standard InChI is InChI=1S/C24H26N8.C16H14BrN5.C9H13NO.C8H18N2/c1-16(2)28-21-11-20(23-9-8-19-10-17(12-25)13-27-32(19)23)26-14-24(21)31-15-22(29-30-31)18-6-4-3-5-7-18;1-10(2)21-14-6-15(19-9-13(14)17)16-4-3-12-5-11(7-18)8-20-22(12)16;1-3-9-4-6-10(7-5-9)8(2)11;1-9-7-5-3-4-6-8(7)10-2/h8-11,13-16,18H,3-7H2,1-2H3,(H,26,28);3-6,8-10H,1-2H3,(H,19,21);1,9H,4-7H2,2H3;7-10H,3-6H2,1-2H3/t;;;7-,8-/m...1/s1. The molecular weight excluding hydrogens is 1000 g/mol. The fraction of sp³-hybridized carbons (Fsp3) is 0.456. The average Bonchev–Trinajstić information content (AvgIpc) is 4.21. The van der Waals surface area contributed by atoms with Crippen LogP contribution in [0.15, 0.2) is 84.0 Å². The van der Waals surface area contributed by atoms with Gasteiger partial charge in [-0.1, -0.05) is 37.3 Å². The quantitative estimate of drug-likeness (QED) is 0.0942. The Balaban J connectivity index is 0.000000164. The van der Waals surface area contributed by atoms with Crippen LogP contribution < -0.4 is 21.3 Å². The predicted molar refractivity (Wildman–Crippen MR) is 300 cm³/mol. The smallest absolute Gasteiger partial charge is 0.219 e. The molecule has 1 saturated heterocycles. The Hall–Kier alpha value is -7.17. The molecule has 0 spiro atoms. The fourth-order valence-corrected chi connectivity index (χ4v) is 10.2. The van der Waals surface area contributed by atoms with Crippen molar-refractivity contribution in [1.29, 1.82) is 10.5 Å².